The van der Waals surface area contributed by atoms with E-state index in [1.54, 1.807) is 19.1 Å². The molecule has 3 rings (SSSR count). The van der Waals surface area contributed by atoms with Crippen molar-refractivity contribution in [3.8, 4) is 5.69 Å². The van der Waals surface area contributed by atoms with E-state index in [9.17, 15) is 4.39 Å². The highest BCUT2D eigenvalue weighted by Crippen LogP contribution is 2.19. The summed E-state index contributed by atoms with van der Waals surface area (Å²) in [7, 11) is 0. The third kappa shape index (κ3) is 2.84. The number of rotatable bonds is 3. The van der Waals surface area contributed by atoms with Crippen LogP contribution < -0.4 is 0 Å². The van der Waals surface area contributed by atoms with Gasteiger partial charge in [0.1, 0.15) is 5.82 Å². The molecule has 3 heteroatoms. The monoisotopic (exact) mass is 292 g/mol. The van der Waals surface area contributed by atoms with Crippen LogP contribution in [0.5, 0.6) is 0 Å². The number of aliphatic imine (C=N–C) groups is 1. The summed E-state index contributed by atoms with van der Waals surface area (Å²) < 4.78 is 15.4. The molecule has 22 heavy (non-hydrogen) atoms. The van der Waals surface area contributed by atoms with Gasteiger partial charge in [0.05, 0.1) is 17.6 Å². The van der Waals surface area contributed by atoms with Crippen LogP contribution in [0.4, 0.5) is 10.1 Å². The summed E-state index contributed by atoms with van der Waals surface area (Å²) >= 11 is 0. The van der Waals surface area contributed by atoms with Crippen LogP contribution in [-0.4, -0.2) is 10.8 Å². The van der Waals surface area contributed by atoms with E-state index >= 15 is 0 Å². The van der Waals surface area contributed by atoms with Crippen LogP contribution in [0.15, 0.2) is 65.7 Å². The lowest BCUT2D eigenvalue weighted by Gasteiger charge is -2.09. The zero-order valence-corrected chi connectivity index (χ0v) is 12.6. The van der Waals surface area contributed by atoms with Crippen LogP contribution >= 0.6 is 0 Å². The molecule has 0 atom stereocenters. The van der Waals surface area contributed by atoms with Crippen molar-refractivity contribution in [2.45, 2.75) is 13.8 Å². The number of halogens is 1. The van der Waals surface area contributed by atoms with Crippen molar-refractivity contribution in [3.63, 3.8) is 0 Å². The highest BCUT2D eigenvalue weighted by Gasteiger charge is 2.05. The minimum Gasteiger partial charge on any atom is -0.313 e. The SMILES string of the molecule is Cc1cc(N=Cc2ccc(C)n2-c2ccccc2)ccc1F. The molecule has 0 spiro atoms. The fraction of sp³-hybridized carbons (Fsp3) is 0.105. The van der Waals surface area contributed by atoms with Gasteiger partial charge in [-0.05, 0) is 61.9 Å². The Morgan fingerprint density at radius 3 is 2.45 bits per heavy atom. The Bertz CT molecular complexity index is 817. The summed E-state index contributed by atoms with van der Waals surface area (Å²) in [5.74, 6) is -0.206. The van der Waals surface area contributed by atoms with Gasteiger partial charge in [0.2, 0.25) is 0 Å². The quantitative estimate of drug-likeness (QED) is 0.605. The second kappa shape index (κ2) is 5.98. The Balaban J connectivity index is 1.96. The lowest BCUT2D eigenvalue weighted by molar-refractivity contribution is 0.618. The third-order valence-corrected chi connectivity index (χ3v) is 3.61. The molecule has 1 aromatic heterocycles. The molecule has 0 unspecified atom stereocenters. The third-order valence-electron chi connectivity index (χ3n) is 3.61. The first-order valence-corrected chi connectivity index (χ1v) is 7.19. The Kier molecular flexibility index (Phi) is 3.88. The fourth-order valence-corrected chi connectivity index (χ4v) is 2.44. The first-order chi connectivity index (χ1) is 10.6. The van der Waals surface area contributed by atoms with Crippen LogP contribution in [0.25, 0.3) is 5.69 Å². The summed E-state index contributed by atoms with van der Waals surface area (Å²) in [6.45, 7) is 3.80. The van der Waals surface area contributed by atoms with Gasteiger partial charge in [-0.25, -0.2) is 4.39 Å². The first kappa shape index (κ1) is 14.3. The van der Waals surface area contributed by atoms with Gasteiger partial charge in [-0.1, -0.05) is 18.2 Å². The Morgan fingerprint density at radius 2 is 1.73 bits per heavy atom. The van der Waals surface area contributed by atoms with Gasteiger partial charge >= 0.3 is 0 Å². The summed E-state index contributed by atoms with van der Waals surface area (Å²) in [6, 6.07) is 19.1. The van der Waals surface area contributed by atoms with E-state index in [1.807, 2.05) is 30.5 Å². The molecule has 0 saturated heterocycles. The van der Waals surface area contributed by atoms with Gasteiger partial charge in [-0.2, -0.15) is 0 Å². The predicted octanol–water partition coefficient (Wildman–Crippen LogP) is 4.98. The van der Waals surface area contributed by atoms with Crippen LogP contribution in [0.1, 0.15) is 17.0 Å². The van der Waals surface area contributed by atoms with E-state index < -0.39 is 0 Å². The summed E-state index contributed by atoms with van der Waals surface area (Å²) in [6.07, 6.45) is 1.81. The lowest BCUT2D eigenvalue weighted by atomic mass is 10.2. The van der Waals surface area contributed by atoms with Crippen LogP contribution in [0.2, 0.25) is 0 Å². The molecular weight excluding hydrogens is 275 g/mol. The van der Waals surface area contributed by atoms with E-state index in [2.05, 4.69) is 34.7 Å². The zero-order chi connectivity index (χ0) is 15.5. The number of nitrogens with zero attached hydrogens (tertiary/aromatic N) is 2. The minimum absolute atomic E-state index is 0.206. The lowest BCUT2D eigenvalue weighted by Crippen LogP contribution is -2.00. The maximum absolute atomic E-state index is 13.3. The van der Waals surface area contributed by atoms with Crippen molar-refractivity contribution in [1.82, 2.24) is 4.57 Å². The molecule has 0 fully saturated rings. The molecule has 0 bridgehead atoms. The number of para-hydroxylation sites is 1. The van der Waals surface area contributed by atoms with Crippen LogP contribution in [-0.2, 0) is 0 Å². The standard InChI is InChI=1S/C19H17FN2/c1-14-12-16(9-11-19(14)20)21-13-18-10-8-15(2)22(18)17-6-4-3-5-7-17/h3-13H,1-2H3. The molecule has 110 valence electrons. The number of aromatic nitrogens is 1. The van der Waals surface area contributed by atoms with Crippen LogP contribution in [0.3, 0.4) is 0 Å². The first-order valence-electron chi connectivity index (χ1n) is 7.19. The molecule has 0 aliphatic carbocycles. The highest BCUT2D eigenvalue weighted by molar-refractivity contribution is 5.81. The average molecular weight is 292 g/mol. The van der Waals surface area contributed by atoms with Crippen LogP contribution in [0, 0.1) is 19.7 Å². The van der Waals surface area contributed by atoms with E-state index in [0.717, 1.165) is 22.8 Å². The van der Waals surface area contributed by atoms with Gasteiger partial charge < -0.3 is 4.57 Å². The number of hydrogen-bond donors (Lipinski definition) is 0. The Labute approximate surface area is 129 Å². The van der Waals surface area contributed by atoms with E-state index in [0.29, 0.717) is 5.56 Å². The van der Waals surface area contributed by atoms with Crippen molar-refractivity contribution >= 4 is 11.9 Å². The topological polar surface area (TPSA) is 17.3 Å². The molecule has 3 aromatic rings. The Morgan fingerprint density at radius 1 is 0.955 bits per heavy atom. The molecule has 0 amide bonds. The maximum atomic E-state index is 13.3. The van der Waals surface area contributed by atoms with E-state index in [-0.39, 0.29) is 5.82 Å². The van der Waals surface area contributed by atoms with Gasteiger partial charge in [0.25, 0.3) is 0 Å². The second-order valence-electron chi connectivity index (χ2n) is 5.26. The number of benzene rings is 2. The summed E-state index contributed by atoms with van der Waals surface area (Å²) in [5, 5.41) is 0. The molecule has 2 aromatic carbocycles. The zero-order valence-electron chi connectivity index (χ0n) is 12.6. The average Bonchev–Trinajstić information content (AvgIpc) is 2.90. The molecule has 2 nitrogen and oxygen atoms in total. The molecule has 0 aliphatic rings. The Hall–Kier alpha value is -2.68. The van der Waals surface area contributed by atoms with Gasteiger partial charge in [-0.3, -0.25) is 4.99 Å². The largest absolute Gasteiger partial charge is 0.313 e. The van der Waals surface area contributed by atoms with E-state index in [4.69, 9.17) is 0 Å². The van der Waals surface area contributed by atoms with E-state index in [1.165, 1.54) is 6.07 Å². The smallest absolute Gasteiger partial charge is 0.126 e. The maximum Gasteiger partial charge on any atom is 0.126 e. The van der Waals surface area contributed by atoms with Gasteiger partial charge in [-0.15, -0.1) is 0 Å². The number of hydrogen-bond acceptors (Lipinski definition) is 1. The summed E-state index contributed by atoms with van der Waals surface area (Å²) in [4.78, 5) is 4.47. The molecule has 0 saturated carbocycles. The number of aryl methyl sites for hydroxylation is 2. The summed E-state index contributed by atoms with van der Waals surface area (Å²) in [5.41, 5.74) is 4.58. The molecular formula is C19H17FN2. The molecule has 1 heterocycles. The normalized spacial score (nSPS) is 11.2. The van der Waals surface area contributed by atoms with Crippen molar-refractivity contribution in [2.75, 3.05) is 0 Å². The molecule has 0 N–H and O–H groups in total. The molecule has 0 aliphatic heterocycles. The van der Waals surface area contributed by atoms with Crippen molar-refractivity contribution in [3.05, 3.63) is 83.4 Å². The van der Waals surface area contributed by atoms with Gasteiger partial charge in [0, 0.05) is 11.4 Å². The highest BCUT2D eigenvalue weighted by atomic mass is 19.1. The fourth-order valence-electron chi connectivity index (χ4n) is 2.44. The second-order valence-corrected chi connectivity index (χ2v) is 5.26. The molecule has 0 radical (unpaired) electrons. The van der Waals surface area contributed by atoms with Crippen molar-refractivity contribution in [2.24, 2.45) is 4.99 Å². The van der Waals surface area contributed by atoms with Crippen molar-refractivity contribution in [1.29, 1.82) is 0 Å². The minimum atomic E-state index is -0.206. The van der Waals surface area contributed by atoms with Gasteiger partial charge in [0.15, 0.2) is 0 Å². The van der Waals surface area contributed by atoms with Crippen molar-refractivity contribution < 1.29 is 4.39 Å². The predicted molar refractivity (Wildman–Crippen MR) is 88.9 cm³/mol.